The summed E-state index contributed by atoms with van der Waals surface area (Å²) in [4.78, 5) is 5.04. The van der Waals surface area contributed by atoms with Crippen LogP contribution in [0.3, 0.4) is 0 Å². The molecule has 6 heteroatoms. The molecule has 0 saturated heterocycles. The molecule has 17 heavy (non-hydrogen) atoms. The Bertz CT molecular complexity index is 516. The molecule has 2 N–H and O–H groups in total. The zero-order chi connectivity index (χ0) is 12.3. The summed E-state index contributed by atoms with van der Waals surface area (Å²) in [5.74, 6) is -1.55. The Morgan fingerprint density at radius 2 is 2.12 bits per heavy atom. The van der Waals surface area contributed by atoms with E-state index in [1.165, 1.54) is 17.4 Å². The molecule has 0 aliphatic heterocycles. The number of thiazole rings is 1. The topological polar surface area (TPSA) is 48.1 Å². The van der Waals surface area contributed by atoms with Crippen molar-refractivity contribution in [2.45, 2.75) is 13.2 Å². The van der Waals surface area contributed by atoms with Gasteiger partial charge in [0.25, 0.3) is 0 Å². The zero-order valence-corrected chi connectivity index (χ0v) is 9.64. The van der Waals surface area contributed by atoms with E-state index in [-0.39, 0.29) is 12.4 Å². The van der Waals surface area contributed by atoms with Gasteiger partial charge in [-0.05, 0) is 12.1 Å². The molecule has 1 heterocycles. The number of halogens is 2. The van der Waals surface area contributed by atoms with E-state index in [1.54, 1.807) is 6.20 Å². The summed E-state index contributed by atoms with van der Waals surface area (Å²) < 4.78 is 30.8. The molecular weight excluding hydrogens is 246 g/mol. The smallest absolute Gasteiger partial charge is 0.162 e. The molecule has 0 amide bonds. The summed E-state index contributed by atoms with van der Waals surface area (Å²) in [5, 5.41) is 0.746. The van der Waals surface area contributed by atoms with E-state index in [4.69, 9.17) is 10.5 Å². The van der Waals surface area contributed by atoms with Crippen molar-refractivity contribution in [2.75, 3.05) is 0 Å². The van der Waals surface area contributed by atoms with Gasteiger partial charge < -0.3 is 10.5 Å². The molecule has 0 radical (unpaired) electrons. The third kappa shape index (κ3) is 2.98. The Morgan fingerprint density at radius 1 is 1.29 bits per heavy atom. The third-order valence-electron chi connectivity index (χ3n) is 2.06. The summed E-state index contributed by atoms with van der Waals surface area (Å²) in [6, 6.07) is 3.40. The van der Waals surface area contributed by atoms with Gasteiger partial charge in [-0.2, -0.15) is 0 Å². The lowest BCUT2D eigenvalue weighted by atomic mass is 10.3. The van der Waals surface area contributed by atoms with Gasteiger partial charge in [-0.15, -0.1) is 11.3 Å². The van der Waals surface area contributed by atoms with Gasteiger partial charge in [-0.3, -0.25) is 0 Å². The highest BCUT2D eigenvalue weighted by Crippen LogP contribution is 2.18. The maximum atomic E-state index is 12.9. The van der Waals surface area contributed by atoms with Crippen LogP contribution in [0.1, 0.15) is 9.88 Å². The van der Waals surface area contributed by atoms with Crippen molar-refractivity contribution in [3.05, 3.63) is 45.9 Å². The van der Waals surface area contributed by atoms with E-state index in [1.807, 2.05) is 0 Å². The van der Waals surface area contributed by atoms with Gasteiger partial charge in [-0.25, -0.2) is 13.8 Å². The molecule has 2 rings (SSSR count). The molecule has 1 aromatic carbocycles. The minimum atomic E-state index is -0.927. The maximum absolute atomic E-state index is 12.9. The van der Waals surface area contributed by atoms with Crippen LogP contribution in [0.25, 0.3) is 0 Å². The first kappa shape index (κ1) is 11.9. The zero-order valence-electron chi connectivity index (χ0n) is 8.82. The fraction of sp³-hybridized carbons (Fsp3) is 0.182. The van der Waals surface area contributed by atoms with Crippen LogP contribution in [-0.4, -0.2) is 4.98 Å². The quantitative estimate of drug-likeness (QED) is 0.914. The Balaban J connectivity index is 1.99. The lowest BCUT2D eigenvalue weighted by Crippen LogP contribution is -1.95. The van der Waals surface area contributed by atoms with Crippen LogP contribution in [0.2, 0.25) is 0 Å². The maximum Gasteiger partial charge on any atom is 0.162 e. The Labute approximate surface area is 101 Å². The van der Waals surface area contributed by atoms with Crippen molar-refractivity contribution in [1.29, 1.82) is 0 Å². The number of ether oxygens (including phenoxy) is 1. The number of hydrogen-bond donors (Lipinski definition) is 1. The van der Waals surface area contributed by atoms with E-state index in [2.05, 4.69) is 4.98 Å². The lowest BCUT2D eigenvalue weighted by Gasteiger charge is -2.03. The lowest BCUT2D eigenvalue weighted by molar-refractivity contribution is 0.302. The molecule has 0 fully saturated rings. The molecular formula is C11H10F2N2OS. The van der Waals surface area contributed by atoms with E-state index >= 15 is 0 Å². The van der Waals surface area contributed by atoms with Gasteiger partial charge in [0.05, 0.1) is 0 Å². The second-order valence-electron chi connectivity index (χ2n) is 3.29. The van der Waals surface area contributed by atoms with Crippen LogP contribution in [-0.2, 0) is 13.2 Å². The van der Waals surface area contributed by atoms with Gasteiger partial charge in [0, 0.05) is 23.7 Å². The predicted octanol–water partition coefficient (Wildman–Crippen LogP) is 2.46. The average Bonchev–Trinajstić information content (AvgIpc) is 2.79. The molecule has 0 aliphatic rings. The number of benzene rings is 1. The fourth-order valence-corrected chi connectivity index (χ4v) is 1.94. The summed E-state index contributed by atoms with van der Waals surface area (Å²) in [7, 11) is 0. The standard InChI is InChI=1S/C11H10F2N2OS/c12-9-2-1-7(3-10(9)13)16-6-11-15-5-8(4-14)17-11/h1-3,5H,4,6,14H2. The first-order valence-corrected chi connectivity index (χ1v) is 5.72. The second-order valence-corrected chi connectivity index (χ2v) is 4.49. The van der Waals surface area contributed by atoms with Gasteiger partial charge in [-0.1, -0.05) is 0 Å². The summed E-state index contributed by atoms with van der Waals surface area (Å²) >= 11 is 1.43. The molecule has 0 aliphatic carbocycles. The number of nitrogens with two attached hydrogens (primary N) is 1. The van der Waals surface area contributed by atoms with Crippen LogP contribution in [0.15, 0.2) is 24.4 Å². The minimum Gasteiger partial charge on any atom is -0.486 e. The van der Waals surface area contributed by atoms with E-state index < -0.39 is 11.6 Å². The van der Waals surface area contributed by atoms with Crippen molar-refractivity contribution in [2.24, 2.45) is 5.73 Å². The number of hydrogen-bond acceptors (Lipinski definition) is 4. The molecule has 3 nitrogen and oxygen atoms in total. The Morgan fingerprint density at radius 3 is 2.76 bits per heavy atom. The van der Waals surface area contributed by atoms with E-state index in [0.29, 0.717) is 6.54 Å². The highest BCUT2D eigenvalue weighted by molar-refractivity contribution is 7.11. The minimum absolute atomic E-state index is 0.218. The number of nitrogens with zero attached hydrogens (tertiary/aromatic N) is 1. The first-order valence-electron chi connectivity index (χ1n) is 4.90. The van der Waals surface area contributed by atoms with Crippen molar-refractivity contribution in [3.63, 3.8) is 0 Å². The first-order chi connectivity index (χ1) is 8.19. The monoisotopic (exact) mass is 256 g/mol. The molecule has 0 atom stereocenters. The molecule has 0 spiro atoms. The summed E-state index contributed by atoms with van der Waals surface area (Å²) in [6.45, 7) is 0.651. The van der Waals surface area contributed by atoms with Crippen LogP contribution < -0.4 is 10.5 Å². The van der Waals surface area contributed by atoms with Crippen molar-refractivity contribution >= 4 is 11.3 Å². The third-order valence-corrected chi connectivity index (χ3v) is 3.05. The normalized spacial score (nSPS) is 10.5. The molecule has 0 bridgehead atoms. The largest absolute Gasteiger partial charge is 0.486 e. The van der Waals surface area contributed by atoms with Crippen molar-refractivity contribution < 1.29 is 13.5 Å². The highest BCUT2D eigenvalue weighted by Gasteiger charge is 2.05. The molecule has 2 aromatic rings. The Hall–Kier alpha value is -1.53. The van der Waals surface area contributed by atoms with Crippen LogP contribution >= 0.6 is 11.3 Å². The van der Waals surface area contributed by atoms with E-state index in [9.17, 15) is 8.78 Å². The van der Waals surface area contributed by atoms with Crippen LogP contribution in [0, 0.1) is 11.6 Å². The van der Waals surface area contributed by atoms with Gasteiger partial charge in [0.2, 0.25) is 0 Å². The summed E-state index contributed by atoms with van der Waals surface area (Å²) in [5.41, 5.74) is 5.45. The Kier molecular flexibility index (Phi) is 3.65. The van der Waals surface area contributed by atoms with Crippen LogP contribution in [0.5, 0.6) is 5.75 Å². The molecule has 0 saturated carbocycles. The number of aromatic nitrogens is 1. The van der Waals surface area contributed by atoms with Crippen molar-refractivity contribution in [1.82, 2.24) is 4.98 Å². The molecule has 1 aromatic heterocycles. The predicted molar refractivity (Wildman–Crippen MR) is 60.7 cm³/mol. The van der Waals surface area contributed by atoms with Gasteiger partial charge in [0.1, 0.15) is 17.4 Å². The van der Waals surface area contributed by atoms with Crippen molar-refractivity contribution in [3.8, 4) is 5.75 Å². The number of rotatable bonds is 4. The fourth-order valence-electron chi connectivity index (χ4n) is 1.22. The molecule has 90 valence electrons. The van der Waals surface area contributed by atoms with Gasteiger partial charge in [0.15, 0.2) is 11.6 Å². The van der Waals surface area contributed by atoms with Gasteiger partial charge >= 0.3 is 0 Å². The SMILES string of the molecule is NCc1cnc(COc2ccc(F)c(F)c2)s1. The molecule has 0 unspecified atom stereocenters. The van der Waals surface area contributed by atoms with E-state index in [0.717, 1.165) is 22.0 Å². The average molecular weight is 256 g/mol. The summed E-state index contributed by atoms with van der Waals surface area (Å²) in [6.07, 6.45) is 1.68. The second kappa shape index (κ2) is 5.20. The van der Waals surface area contributed by atoms with Crippen LogP contribution in [0.4, 0.5) is 8.78 Å². The highest BCUT2D eigenvalue weighted by atomic mass is 32.1.